The van der Waals surface area contributed by atoms with Crippen molar-refractivity contribution in [1.29, 1.82) is 0 Å². The third kappa shape index (κ3) is 6.20. The monoisotopic (exact) mass is 684 g/mol. The minimum atomic E-state index is -0.666. The number of carbonyl (C=O) groups excluding carboxylic acids is 1. The lowest BCUT2D eigenvalue weighted by atomic mass is 9.77. The fraction of sp³-hybridized carbons (Fsp3) is 0.0698. The van der Waals surface area contributed by atoms with E-state index in [4.69, 9.17) is 16.6 Å². The molecule has 248 valence electrons. The van der Waals surface area contributed by atoms with Gasteiger partial charge in [0.25, 0.3) is 0 Å². The van der Waals surface area contributed by atoms with E-state index in [0.29, 0.717) is 11.6 Å². The van der Waals surface area contributed by atoms with Crippen LogP contribution in [0.4, 0.5) is 5.69 Å². The first-order chi connectivity index (χ1) is 25.1. The quantitative estimate of drug-likeness (QED) is 0.135. The summed E-state index contributed by atoms with van der Waals surface area (Å²) in [6, 6.07) is 54.8. The average molecular weight is 685 g/mol. The molecule has 2 aromatic heterocycles. The normalized spacial score (nSPS) is 11.5. The smallest absolute Gasteiger partial charge is 0.249 e. The van der Waals surface area contributed by atoms with Crippen LogP contribution < -0.4 is 4.90 Å². The molecule has 1 amide bonds. The van der Waals surface area contributed by atoms with Crippen molar-refractivity contribution < 1.29 is 4.79 Å². The maximum absolute atomic E-state index is 14.0. The molecule has 0 N–H and O–H groups in total. The molecule has 0 radical (unpaired) electrons. The van der Waals surface area contributed by atoms with Gasteiger partial charge in [-0.3, -0.25) is 4.79 Å². The summed E-state index contributed by atoms with van der Waals surface area (Å²) >= 11 is 6.34. The van der Waals surface area contributed by atoms with Crippen molar-refractivity contribution in [2.24, 2.45) is 0 Å². The molecule has 0 aliphatic carbocycles. The first-order valence-electron chi connectivity index (χ1n) is 16.7. The number of anilines is 1. The van der Waals surface area contributed by atoms with Crippen molar-refractivity contribution in [2.75, 3.05) is 4.90 Å². The van der Waals surface area contributed by atoms with E-state index in [-0.39, 0.29) is 12.5 Å². The SMILES string of the molecule is O=C(Cn1nnc2ccccc21)N(Cc1cccc(Cl)c1)c1ccc(-c2cn(C(c3ccccc3)(c3ccccc3)c3ccccc3)cn2)cc1. The summed E-state index contributed by atoms with van der Waals surface area (Å²) in [7, 11) is 0. The largest absolute Gasteiger partial charge is 0.318 e. The number of aromatic nitrogens is 5. The van der Waals surface area contributed by atoms with Gasteiger partial charge in [-0.25, -0.2) is 9.67 Å². The van der Waals surface area contributed by atoms with Crippen LogP contribution in [0.15, 0.2) is 176 Å². The highest BCUT2D eigenvalue weighted by molar-refractivity contribution is 6.30. The van der Waals surface area contributed by atoms with Crippen molar-refractivity contribution in [1.82, 2.24) is 24.5 Å². The highest BCUT2D eigenvalue weighted by Crippen LogP contribution is 2.41. The first-order valence-corrected chi connectivity index (χ1v) is 17.1. The van der Waals surface area contributed by atoms with Crippen LogP contribution in [0.1, 0.15) is 22.3 Å². The molecule has 0 saturated heterocycles. The van der Waals surface area contributed by atoms with Crippen molar-refractivity contribution in [3.05, 3.63) is 204 Å². The lowest BCUT2D eigenvalue weighted by molar-refractivity contribution is -0.119. The van der Waals surface area contributed by atoms with Gasteiger partial charge in [0.2, 0.25) is 5.91 Å². The summed E-state index contributed by atoms with van der Waals surface area (Å²) in [5.74, 6) is -0.124. The Balaban J connectivity index is 1.16. The maximum Gasteiger partial charge on any atom is 0.249 e. The second kappa shape index (κ2) is 13.9. The first kappa shape index (κ1) is 31.9. The van der Waals surface area contributed by atoms with Crippen molar-refractivity contribution in [3.8, 4) is 11.3 Å². The van der Waals surface area contributed by atoms with Gasteiger partial charge in [0.15, 0.2) is 0 Å². The van der Waals surface area contributed by atoms with Crippen LogP contribution in [0, 0.1) is 0 Å². The molecular formula is C43H33ClN6O. The Hall–Kier alpha value is -6.31. The van der Waals surface area contributed by atoms with Crippen molar-refractivity contribution in [3.63, 3.8) is 0 Å². The van der Waals surface area contributed by atoms with Crippen LogP contribution in [0.3, 0.4) is 0 Å². The van der Waals surface area contributed by atoms with Gasteiger partial charge in [0, 0.05) is 22.5 Å². The van der Waals surface area contributed by atoms with Crippen LogP contribution in [-0.2, 0) is 23.4 Å². The Kier molecular flexibility index (Phi) is 8.70. The number of carbonyl (C=O) groups is 1. The number of hydrogen-bond acceptors (Lipinski definition) is 4. The van der Waals surface area contributed by atoms with Crippen molar-refractivity contribution in [2.45, 2.75) is 18.6 Å². The fourth-order valence-corrected chi connectivity index (χ4v) is 7.05. The lowest BCUT2D eigenvalue weighted by Crippen LogP contribution is -2.36. The highest BCUT2D eigenvalue weighted by Gasteiger charge is 2.38. The Bertz CT molecular complexity index is 2310. The minimum absolute atomic E-state index is 0.0355. The van der Waals surface area contributed by atoms with Gasteiger partial charge in [0.1, 0.15) is 17.6 Å². The van der Waals surface area contributed by atoms with E-state index < -0.39 is 5.54 Å². The third-order valence-corrected chi connectivity index (χ3v) is 9.49. The van der Waals surface area contributed by atoms with E-state index >= 15 is 0 Å². The number of imidazole rings is 1. The van der Waals surface area contributed by atoms with Crippen LogP contribution in [0.25, 0.3) is 22.3 Å². The number of para-hydroxylation sites is 1. The molecule has 51 heavy (non-hydrogen) atoms. The number of amides is 1. The molecular weight excluding hydrogens is 652 g/mol. The second-order valence-electron chi connectivity index (χ2n) is 12.4. The zero-order chi connectivity index (χ0) is 34.6. The summed E-state index contributed by atoms with van der Waals surface area (Å²) in [5, 5.41) is 9.12. The standard InChI is InChI=1S/C43H33ClN6O/c44-37-20-12-13-32(27-37)28-49(42(51)30-50-41-22-11-10-21-39(41)46-47-50)38-25-23-33(24-26-38)40-29-48(31-45-40)43(34-14-4-1-5-15-34,35-16-6-2-7-17-35)36-18-8-3-9-19-36/h1-27,29,31H,28,30H2. The maximum atomic E-state index is 14.0. The summed E-state index contributed by atoms with van der Waals surface area (Å²) in [6.07, 6.45) is 4.01. The molecule has 0 fully saturated rings. The predicted octanol–water partition coefficient (Wildman–Crippen LogP) is 9.02. The summed E-state index contributed by atoms with van der Waals surface area (Å²) < 4.78 is 3.84. The molecule has 0 aliphatic rings. The van der Waals surface area contributed by atoms with E-state index in [0.717, 1.165) is 50.2 Å². The summed E-state index contributed by atoms with van der Waals surface area (Å²) in [5.41, 5.74) is 7.66. The number of nitrogens with zero attached hydrogens (tertiary/aromatic N) is 6. The Morgan fingerprint density at radius 3 is 1.92 bits per heavy atom. The zero-order valence-electron chi connectivity index (χ0n) is 27.6. The van der Waals surface area contributed by atoms with E-state index in [2.05, 4.69) is 93.9 Å². The van der Waals surface area contributed by atoms with Crippen LogP contribution in [0.2, 0.25) is 5.02 Å². The number of fused-ring (bicyclic) bond motifs is 1. The summed E-state index contributed by atoms with van der Waals surface area (Å²) in [4.78, 5) is 20.7. The van der Waals surface area contributed by atoms with Gasteiger partial charge in [0.05, 0.1) is 24.1 Å². The molecule has 2 heterocycles. The number of hydrogen-bond donors (Lipinski definition) is 0. The molecule has 0 spiro atoms. The number of rotatable bonds is 10. The third-order valence-electron chi connectivity index (χ3n) is 9.26. The van der Waals surface area contributed by atoms with E-state index in [1.807, 2.05) is 97.3 Å². The summed E-state index contributed by atoms with van der Waals surface area (Å²) in [6.45, 7) is 0.377. The Labute approximate surface area is 301 Å². The van der Waals surface area contributed by atoms with Gasteiger partial charge < -0.3 is 9.47 Å². The molecule has 8 aromatic rings. The number of benzene rings is 6. The van der Waals surface area contributed by atoms with Crippen LogP contribution in [0.5, 0.6) is 0 Å². The molecule has 0 bridgehead atoms. The molecule has 0 unspecified atom stereocenters. The molecule has 6 aromatic carbocycles. The molecule has 0 atom stereocenters. The van der Waals surface area contributed by atoms with Crippen LogP contribution >= 0.6 is 11.6 Å². The molecule has 0 saturated carbocycles. The fourth-order valence-electron chi connectivity index (χ4n) is 6.84. The van der Waals surface area contributed by atoms with Crippen molar-refractivity contribution >= 4 is 34.2 Å². The van der Waals surface area contributed by atoms with E-state index in [1.165, 1.54) is 0 Å². The topological polar surface area (TPSA) is 68.8 Å². The van der Waals surface area contributed by atoms with Gasteiger partial charge in [-0.15, -0.1) is 5.10 Å². The lowest BCUT2D eigenvalue weighted by Gasteiger charge is -2.37. The Morgan fingerprint density at radius 2 is 1.29 bits per heavy atom. The van der Waals surface area contributed by atoms with Gasteiger partial charge in [-0.05, 0) is 58.7 Å². The van der Waals surface area contributed by atoms with Gasteiger partial charge in [-0.2, -0.15) is 0 Å². The predicted molar refractivity (Wildman–Crippen MR) is 202 cm³/mol. The van der Waals surface area contributed by atoms with E-state index in [1.54, 1.807) is 9.58 Å². The average Bonchev–Trinajstić information content (AvgIpc) is 3.84. The molecule has 7 nitrogen and oxygen atoms in total. The second-order valence-corrected chi connectivity index (χ2v) is 12.8. The van der Waals surface area contributed by atoms with Gasteiger partial charge >= 0.3 is 0 Å². The highest BCUT2D eigenvalue weighted by atomic mass is 35.5. The molecule has 8 rings (SSSR count). The molecule has 0 aliphatic heterocycles. The van der Waals surface area contributed by atoms with E-state index in [9.17, 15) is 4.79 Å². The zero-order valence-corrected chi connectivity index (χ0v) is 28.4. The van der Waals surface area contributed by atoms with Crippen LogP contribution in [-0.4, -0.2) is 30.5 Å². The number of halogens is 1. The van der Waals surface area contributed by atoms with Gasteiger partial charge in [-0.1, -0.05) is 144 Å². The minimum Gasteiger partial charge on any atom is -0.318 e. The molecule has 8 heteroatoms. The Morgan fingerprint density at radius 1 is 0.686 bits per heavy atom.